The zero-order valence-corrected chi connectivity index (χ0v) is 7.48. The molecule has 0 radical (unpaired) electrons. The molecule has 0 aliphatic carbocycles. The second-order valence-electron chi connectivity index (χ2n) is 2.90. The van der Waals surface area contributed by atoms with E-state index in [2.05, 4.69) is 5.32 Å². The van der Waals surface area contributed by atoms with Gasteiger partial charge in [0, 0.05) is 0 Å². The molecule has 1 N–H and O–H groups in total. The fourth-order valence-corrected chi connectivity index (χ4v) is 1.16. The molecule has 1 aliphatic rings. The van der Waals surface area contributed by atoms with Gasteiger partial charge in [0.2, 0.25) is 0 Å². The minimum atomic E-state index is -0.260. The molecule has 0 amide bonds. The fraction of sp³-hybridized carbons (Fsp3) is 0.100. The van der Waals surface area contributed by atoms with E-state index in [1.54, 1.807) is 18.2 Å². The minimum absolute atomic E-state index is 0.175. The molecule has 0 saturated heterocycles. The average Bonchev–Trinajstić information content (AvgIpc) is 2.23. The van der Waals surface area contributed by atoms with Crippen LogP contribution in [-0.2, 0) is 0 Å². The molecule has 1 atom stereocenters. The summed E-state index contributed by atoms with van der Waals surface area (Å²) >= 11 is 0. The quantitative estimate of drug-likeness (QED) is 0.703. The van der Waals surface area contributed by atoms with Gasteiger partial charge in [-0.2, -0.15) is 0 Å². The van der Waals surface area contributed by atoms with Gasteiger partial charge in [-0.15, -0.1) is 0 Å². The first-order valence-corrected chi connectivity index (χ1v) is 4.36. The van der Waals surface area contributed by atoms with Gasteiger partial charge in [0.1, 0.15) is 0 Å². The zero-order chi connectivity index (χ0) is 9.80. The fourth-order valence-electron chi connectivity index (χ4n) is 1.16. The number of hydrogen-bond acceptors (Lipinski definition) is 2. The monoisotopic (exact) mass is 189 g/mol. The van der Waals surface area contributed by atoms with Crippen LogP contribution in [0, 0.1) is 5.82 Å². The van der Waals surface area contributed by atoms with E-state index in [1.807, 2.05) is 19.0 Å². The van der Waals surface area contributed by atoms with Crippen molar-refractivity contribution in [1.29, 1.82) is 0 Å². The third-order valence-corrected chi connectivity index (χ3v) is 1.83. The maximum absolute atomic E-state index is 12.6. The predicted octanol–water partition coefficient (Wildman–Crippen LogP) is 1.11. The second kappa shape index (κ2) is 4.09. The number of benzene rings is 1. The summed E-state index contributed by atoms with van der Waals surface area (Å²) in [5.41, 5.74) is 0. The zero-order valence-electron chi connectivity index (χ0n) is 7.48. The molecule has 70 valence electrons. The molecule has 2 nitrogen and oxygen atoms in total. The van der Waals surface area contributed by atoms with E-state index in [9.17, 15) is 4.39 Å². The third kappa shape index (κ3) is 2.22. The van der Waals surface area contributed by atoms with Gasteiger partial charge in [0.25, 0.3) is 0 Å². The van der Waals surface area contributed by atoms with E-state index in [1.165, 1.54) is 12.1 Å². The van der Waals surface area contributed by atoms with E-state index in [4.69, 9.17) is 4.74 Å². The Morgan fingerprint density at radius 3 is 2.71 bits per heavy atom. The molecular weight excluding hydrogens is 180 g/mol. The van der Waals surface area contributed by atoms with Crippen molar-refractivity contribution in [3.63, 3.8) is 0 Å². The summed E-state index contributed by atoms with van der Waals surface area (Å²) in [5, 5.41) is 3.00. The van der Waals surface area contributed by atoms with Crippen molar-refractivity contribution in [2.75, 3.05) is 0 Å². The molecule has 0 spiro atoms. The van der Waals surface area contributed by atoms with Gasteiger partial charge in [-0.05, 0) is 0 Å². The van der Waals surface area contributed by atoms with E-state index in [-0.39, 0.29) is 12.0 Å². The molecule has 1 aromatic carbocycles. The van der Waals surface area contributed by atoms with Crippen LogP contribution >= 0.6 is 0 Å². The Morgan fingerprint density at radius 1 is 1.29 bits per heavy atom. The van der Waals surface area contributed by atoms with Crippen LogP contribution in [0.5, 0.6) is 5.75 Å². The Kier molecular flexibility index (Phi) is 2.63. The number of nitrogens with one attached hydrogen (secondary N) is 1. The van der Waals surface area contributed by atoms with Gasteiger partial charge >= 0.3 is 81.6 Å². The molecule has 1 unspecified atom stereocenters. The Balaban J connectivity index is 2.00. The molecule has 1 heterocycles. The normalized spacial score (nSPS) is 18.5. The SMILES string of the molecule is Fc1ccc(OC2C=CB=CN2)cc1. The molecule has 1 aliphatic heterocycles. The number of halogens is 1. The average molecular weight is 189 g/mol. The van der Waals surface area contributed by atoms with Crippen LogP contribution in [0.2, 0.25) is 0 Å². The summed E-state index contributed by atoms with van der Waals surface area (Å²) in [4.78, 5) is 0. The van der Waals surface area contributed by atoms with Gasteiger partial charge in [-0.1, -0.05) is 0 Å². The van der Waals surface area contributed by atoms with E-state index < -0.39 is 0 Å². The van der Waals surface area contributed by atoms with Crippen LogP contribution in [0.3, 0.4) is 0 Å². The van der Waals surface area contributed by atoms with E-state index in [0.29, 0.717) is 5.75 Å². The van der Waals surface area contributed by atoms with Crippen LogP contribution in [0.1, 0.15) is 0 Å². The van der Waals surface area contributed by atoms with Crippen molar-refractivity contribution in [2.24, 2.45) is 0 Å². The summed E-state index contributed by atoms with van der Waals surface area (Å²) in [6.07, 6.45) is 3.50. The topological polar surface area (TPSA) is 21.3 Å². The van der Waals surface area contributed by atoms with Crippen molar-refractivity contribution in [3.8, 4) is 5.75 Å². The van der Waals surface area contributed by atoms with Gasteiger partial charge < -0.3 is 0 Å². The van der Waals surface area contributed by atoms with Crippen LogP contribution in [0.25, 0.3) is 0 Å². The van der Waals surface area contributed by atoms with E-state index in [0.717, 1.165) is 0 Å². The number of hydrogen-bond donors (Lipinski definition) is 1. The van der Waals surface area contributed by atoms with Crippen LogP contribution < -0.4 is 10.1 Å². The predicted molar refractivity (Wildman–Crippen MR) is 54.9 cm³/mol. The van der Waals surface area contributed by atoms with E-state index >= 15 is 0 Å². The third-order valence-electron chi connectivity index (χ3n) is 1.83. The summed E-state index contributed by atoms with van der Waals surface area (Å²) in [6, 6.07) is 5.95. The number of rotatable bonds is 2. The maximum atomic E-state index is 12.6. The molecular formula is C10H9BFNO. The molecule has 0 fully saturated rings. The molecule has 0 saturated carbocycles. The van der Waals surface area contributed by atoms with Crippen LogP contribution in [0.4, 0.5) is 4.39 Å². The Bertz CT molecular complexity index is 361. The molecule has 0 bridgehead atoms. The molecule has 2 rings (SSSR count). The van der Waals surface area contributed by atoms with Crippen molar-refractivity contribution in [3.05, 3.63) is 42.1 Å². The summed E-state index contributed by atoms with van der Waals surface area (Å²) in [6.45, 7) is 1.88. The Morgan fingerprint density at radius 2 is 2.07 bits per heavy atom. The van der Waals surface area contributed by atoms with Gasteiger partial charge in [-0.3, -0.25) is 0 Å². The first-order chi connectivity index (χ1) is 6.84. The summed E-state index contributed by atoms with van der Waals surface area (Å²) in [7, 11) is 0. The molecule has 1 aromatic rings. The summed E-state index contributed by atoms with van der Waals surface area (Å²) < 4.78 is 18.1. The number of ether oxygens (including phenoxy) is 1. The van der Waals surface area contributed by atoms with Gasteiger partial charge in [0.15, 0.2) is 0 Å². The van der Waals surface area contributed by atoms with Crippen molar-refractivity contribution < 1.29 is 9.13 Å². The van der Waals surface area contributed by atoms with Crippen molar-refractivity contribution in [1.82, 2.24) is 5.32 Å². The first kappa shape index (κ1) is 9.00. The standard InChI is InChI=1S/C10H9BFNO/c12-8-1-3-9(4-2-8)14-10-5-6-11-7-13-10/h1-7,10,13H. The van der Waals surface area contributed by atoms with Gasteiger partial charge in [-0.25, -0.2) is 0 Å². The molecule has 14 heavy (non-hydrogen) atoms. The molecule has 4 heteroatoms. The van der Waals surface area contributed by atoms with Crippen LogP contribution in [0.15, 0.2) is 36.3 Å². The van der Waals surface area contributed by atoms with Crippen molar-refractivity contribution in [2.45, 2.75) is 6.23 Å². The molecule has 0 aromatic heterocycles. The van der Waals surface area contributed by atoms with Crippen LogP contribution in [-0.4, -0.2) is 19.2 Å². The first-order valence-electron chi connectivity index (χ1n) is 4.36. The van der Waals surface area contributed by atoms with Crippen molar-refractivity contribution >= 4 is 13.0 Å². The summed E-state index contributed by atoms with van der Waals surface area (Å²) in [5.74, 6) is 2.28. The second-order valence-corrected chi connectivity index (χ2v) is 2.90. The Labute approximate surface area is 82.3 Å². The Hall–Kier alpha value is -1.58. The van der Waals surface area contributed by atoms with Gasteiger partial charge in [0.05, 0.1) is 0 Å².